The van der Waals surface area contributed by atoms with Crippen LogP contribution in [0.1, 0.15) is 24.8 Å². The highest BCUT2D eigenvalue weighted by Crippen LogP contribution is 2.22. The monoisotopic (exact) mass is 308 g/mol. The Balaban J connectivity index is 1.65. The van der Waals surface area contributed by atoms with E-state index in [2.05, 4.69) is 26.4 Å². The topological polar surface area (TPSA) is 50.7 Å². The van der Waals surface area contributed by atoms with Gasteiger partial charge >= 0.3 is 0 Å². The zero-order valence-corrected chi connectivity index (χ0v) is 11.3. The first-order chi connectivity index (χ1) is 8.72. The molecule has 4 nitrogen and oxygen atoms in total. The summed E-state index contributed by atoms with van der Waals surface area (Å²) in [6.07, 6.45) is 2.23. The van der Waals surface area contributed by atoms with Gasteiger partial charge in [-0.05, 0) is 25.0 Å². The first-order valence-corrected chi connectivity index (χ1v) is 6.81. The van der Waals surface area contributed by atoms with Gasteiger partial charge in [0.1, 0.15) is 0 Å². The fourth-order valence-corrected chi connectivity index (χ4v) is 2.28. The molecule has 94 valence electrons. The zero-order valence-electron chi connectivity index (χ0n) is 9.73. The second-order valence-corrected chi connectivity index (χ2v) is 5.55. The van der Waals surface area contributed by atoms with Crippen LogP contribution in [-0.2, 0) is 9.63 Å². The maximum Gasteiger partial charge on any atom is 0.264 e. The summed E-state index contributed by atoms with van der Waals surface area (Å²) in [5.41, 5.74) is 1.82. The molecule has 2 aliphatic rings. The molecule has 0 saturated heterocycles. The molecule has 0 radical (unpaired) electrons. The smallest absolute Gasteiger partial charge is 0.264 e. The zero-order chi connectivity index (χ0) is 12.5. The number of carbonyl (C=O) groups is 1. The third kappa shape index (κ3) is 2.56. The summed E-state index contributed by atoms with van der Waals surface area (Å²) in [6, 6.07) is 8.20. The molecule has 1 aliphatic carbocycles. The molecule has 0 unspecified atom stereocenters. The van der Waals surface area contributed by atoms with Crippen LogP contribution < -0.4 is 5.32 Å². The van der Waals surface area contributed by atoms with E-state index in [0.29, 0.717) is 12.5 Å². The van der Waals surface area contributed by atoms with Crippen molar-refractivity contribution in [3.63, 3.8) is 0 Å². The van der Waals surface area contributed by atoms with E-state index in [-0.39, 0.29) is 5.91 Å². The van der Waals surface area contributed by atoms with E-state index < -0.39 is 6.10 Å². The van der Waals surface area contributed by atoms with Crippen LogP contribution in [0.3, 0.4) is 0 Å². The number of halogens is 1. The fourth-order valence-electron chi connectivity index (χ4n) is 1.88. The van der Waals surface area contributed by atoms with Crippen LogP contribution in [-0.4, -0.2) is 23.8 Å². The summed E-state index contributed by atoms with van der Waals surface area (Å²) in [4.78, 5) is 17.0. The number of rotatable bonds is 3. The normalized spacial score (nSPS) is 22.3. The molecule has 1 amide bonds. The molecule has 5 heteroatoms. The average Bonchev–Trinajstić information content (AvgIpc) is 3.03. The van der Waals surface area contributed by atoms with E-state index in [1.807, 2.05) is 24.3 Å². The highest BCUT2D eigenvalue weighted by molar-refractivity contribution is 9.10. The number of amides is 1. The molecule has 1 aromatic carbocycles. The van der Waals surface area contributed by atoms with Crippen LogP contribution >= 0.6 is 15.9 Å². The molecular weight excluding hydrogens is 296 g/mol. The number of nitrogens with one attached hydrogen (secondary N) is 1. The minimum absolute atomic E-state index is 0.0498. The van der Waals surface area contributed by atoms with Crippen molar-refractivity contribution in [2.45, 2.75) is 31.4 Å². The van der Waals surface area contributed by atoms with E-state index in [0.717, 1.165) is 28.6 Å². The Kier molecular flexibility index (Phi) is 3.07. The van der Waals surface area contributed by atoms with E-state index in [1.54, 1.807) is 0 Å². The first kappa shape index (κ1) is 11.7. The molecule has 1 atom stereocenters. The van der Waals surface area contributed by atoms with Crippen molar-refractivity contribution >= 4 is 27.5 Å². The van der Waals surface area contributed by atoms with Gasteiger partial charge in [-0.3, -0.25) is 4.79 Å². The lowest BCUT2D eigenvalue weighted by Crippen LogP contribution is -2.36. The Bertz CT molecular complexity index is 511. The molecule has 3 rings (SSSR count). The number of hydrogen-bond donors (Lipinski definition) is 1. The Hall–Kier alpha value is -1.36. The summed E-state index contributed by atoms with van der Waals surface area (Å²) < 4.78 is 0.994. The third-order valence-electron chi connectivity index (χ3n) is 3.04. The maximum absolute atomic E-state index is 11.8. The Morgan fingerprint density at radius 2 is 2.28 bits per heavy atom. The van der Waals surface area contributed by atoms with E-state index in [1.165, 1.54) is 0 Å². The van der Waals surface area contributed by atoms with Gasteiger partial charge in [-0.25, -0.2) is 0 Å². The lowest BCUT2D eigenvalue weighted by molar-refractivity contribution is -0.131. The van der Waals surface area contributed by atoms with E-state index in [9.17, 15) is 4.79 Å². The number of carbonyl (C=O) groups excluding carboxylic acids is 1. The van der Waals surface area contributed by atoms with Crippen molar-refractivity contribution < 1.29 is 9.63 Å². The molecule has 1 N–H and O–H groups in total. The van der Waals surface area contributed by atoms with Crippen LogP contribution in [0.2, 0.25) is 0 Å². The minimum Gasteiger partial charge on any atom is -0.382 e. The molecular formula is C13H13BrN2O2. The lowest BCUT2D eigenvalue weighted by atomic mass is 10.0. The highest BCUT2D eigenvalue weighted by atomic mass is 79.9. The Labute approximate surface area is 114 Å². The second-order valence-electron chi connectivity index (χ2n) is 4.63. The van der Waals surface area contributed by atoms with Crippen LogP contribution in [0.5, 0.6) is 0 Å². The second kappa shape index (κ2) is 4.72. The van der Waals surface area contributed by atoms with Crippen molar-refractivity contribution in [2.24, 2.45) is 5.16 Å². The minimum atomic E-state index is -0.473. The Morgan fingerprint density at radius 3 is 3.00 bits per heavy atom. The van der Waals surface area contributed by atoms with Gasteiger partial charge in [-0.15, -0.1) is 0 Å². The standard InChI is InChI=1S/C13H13BrN2O2/c14-9-3-1-2-8(6-9)11-7-12(18-16-11)13(17)15-10-4-5-10/h1-3,6,10,12H,4-5,7H2,(H,15,17)/t12-/m1/s1. The largest absolute Gasteiger partial charge is 0.382 e. The van der Waals surface area contributed by atoms with Crippen LogP contribution in [0.25, 0.3) is 0 Å². The van der Waals surface area contributed by atoms with Crippen molar-refractivity contribution in [1.82, 2.24) is 5.32 Å². The van der Waals surface area contributed by atoms with Gasteiger partial charge in [-0.2, -0.15) is 0 Å². The number of benzene rings is 1. The summed E-state index contributed by atoms with van der Waals surface area (Å²) >= 11 is 3.42. The van der Waals surface area contributed by atoms with Gasteiger partial charge in [0, 0.05) is 22.5 Å². The summed E-state index contributed by atoms with van der Waals surface area (Å²) in [6.45, 7) is 0. The Morgan fingerprint density at radius 1 is 1.44 bits per heavy atom. The number of nitrogens with zero attached hydrogens (tertiary/aromatic N) is 1. The highest BCUT2D eigenvalue weighted by Gasteiger charge is 2.32. The van der Waals surface area contributed by atoms with Gasteiger partial charge in [0.05, 0.1) is 5.71 Å². The molecule has 1 saturated carbocycles. The van der Waals surface area contributed by atoms with Gasteiger partial charge < -0.3 is 10.2 Å². The molecule has 1 aliphatic heterocycles. The molecule has 18 heavy (non-hydrogen) atoms. The number of oxime groups is 1. The van der Waals surface area contributed by atoms with E-state index >= 15 is 0 Å². The summed E-state index contributed by atoms with van der Waals surface area (Å²) in [5, 5.41) is 6.94. The first-order valence-electron chi connectivity index (χ1n) is 6.01. The molecule has 1 fully saturated rings. The van der Waals surface area contributed by atoms with Crippen LogP contribution in [0, 0.1) is 0 Å². The lowest BCUT2D eigenvalue weighted by Gasteiger charge is -2.08. The maximum atomic E-state index is 11.8. The predicted octanol–water partition coefficient (Wildman–Crippen LogP) is 2.22. The molecule has 0 spiro atoms. The van der Waals surface area contributed by atoms with Gasteiger partial charge in [0.2, 0.25) is 6.10 Å². The predicted molar refractivity (Wildman–Crippen MR) is 71.3 cm³/mol. The SMILES string of the molecule is O=C(NC1CC1)[C@H]1CC(c2cccc(Br)c2)=NO1. The van der Waals surface area contributed by atoms with Gasteiger partial charge in [0.25, 0.3) is 5.91 Å². The van der Waals surface area contributed by atoms with Crippen molar-refractivity contribution in [3.8, 4) is 0 Å². The van der Waals surface area contributed by atoms with Crippen molar-refractivity contribution in [3.05, 3.63) is 34.3 Å². The van der Waals surface area contributed by atoms with Crippen molar-refractivity contribution in [1.29, 1.82) is 0 Å². The molecule has 0 bridgehead atoms. The average molecular weight is 309 g/mol. The summed E-state index contributed by atoms with van der Waals surface area (Å²) in [7, 11) is 0. The van der Waals surface area contributed by atoms with Crippen LogP contribution in [0.4, 0.5) is 0 Å². The van der Waals surface area contributed by atoms with E-state index in [4.69, 9.17) is 4.84 Å². The summed E-state index contributed by atoms with van der Waals surface area (Å²) in [5.74, 6) is -0.0498. The molecule has 1 heterocycles. The fraction of sp³-hybridized carbons (Fsp3) is 0.385. The molecule has 1 aromatic rings. The third-order valence-corrected chi connectivity index (χ3v) is 3.54. The number of hydrogen-bond acceptors (Lipinski definition) is 3. The quantitative estimate of drug-likeness (QED) is 0.931. The van der Waals surface area contributed by atoms with Gasteiger partial charge in [-0.1, -0.05) is 33.2 Å². The van der Waals surface area contributed by atoms with Crippen LogP contribution in [0.15, 0.2) is 33.9 Å². The van der Waals surface area contributed by atoms with Gasteiger partial charge in [0.15, 0.2) is 0 Å². The molecule has 0 aromatic heterocycles. The van der Waals surface area contributed by atoms with Crippen molar-refractivity contribution in [2.75, 3.05) is 0 Å².